The Morgan fingerprint density at radius 1 is 1.40 bits per heavy atom. The van der Waals surface area contributed by atoms with Crippen LogP contribution in [0, 0.1) is 0 Å². The average Bonchev–Trinajstić information content (AvgIpc) is 2.09. The maximum absolute atomic E-state index is 9.15. The summed E-state index contributed by atoms with van der Waals surface area (Å²) in [6, 6.07) is 0.0762. The van der Waals surface area contributed by atoms with Crippen LogP contribution in [0.25, 0.3) is 0 Å². The standard InChI is InChI=1S/C11H24N2OS/c1-5-6-7-9(8-14)12-10(15)13-11(2,3)4/h9,14H,5-8H2,1-4H3,(H2,12,13,15)/t9-/m1/s1. The van der Waals surface area contributed by atoms with E-state index in [4.69, 9.17) is 17.3 Å². The van der Waals surface area contributed by atoms with Crippen molar-refractivity contribution in [2.24, 2.45) is 0 Å². The molecule has 0 saturated heterocycles. The zero-order chi connectivity index (χ0) is 11.9. The van der Waals surface area contributed by atoms with Gasteiger partial charge in [0.15, 0.2) is 5.11 Å². The molecule has 0 aliphatic carbocycles. The first-order chi connectivity index (χ1) is 6.89. The molecule has 0 aromatic rings. The Balaban J connectivity index is 3.91. The second-order valence-electron chi connectivity index (χ2n) is 4.87. The summed E-state index contributed by atoms with van der Waals surface area (Å²) in [6.07, 6.45) is 3.20. The maximum atomic E-state index is 9.15. The molecule has 0 bridgehead atoms. The summed E-state index contributed by atoms with van der Waals surface area (Å²) in [5, 5.41) is 16.1. The summed E-state index contributed by atoms with van der Waals surface area (Å²) in [6.45, 7) is 8.44. The van der Waals surface area contributed by atoms with Crippen molar-refractivity contribution >= 4 is 17.3 Å². The van der Waals surface area contributed by atoms with E-state index in [9.17, 15) is 0 Å². The lowest BCUT2D eigenvalue weighted by Crippen LogP contribution is -2.50. The number of thiocarbonyl (C=S) groups is 1. The Morgan fingerprint density at radius 3 is 2.40 bits per heavy atom. The Hall–Kier alpha value is -0.350. The zero-order valence-corrected chi connectivity index (χ0v) is 11.1. The van der Waals surface area contributed by atoms with Gasteiger partial charge in [-0.3, -0.25) is 0 Å². The Kier molecular flexibility index (Phi) is 6.85. The second-order valence-corrected chi connectivity index (χ2v) is 5.28. The van der Waals surface area contributed by atoms with Gasteiger partial charge in [-0.05, 0) is 39.4 Å². The van der Waals surface area contributed by atoms with Crippen molar-refractivity contribution in [2.45, 2.75) is 58.5 Å². The molecule has 3 nitrogen and oxygen atoms in total. The van der Waals surface area contributed by atoms with E-state index in [2.05, 4.69) is 38.3 Å². The number of unbranched alkanes of at least 4 members (excludes halogenated alkanes) is 1. The molecule has 0 saturated carbocycles. The molecule has 0 fully saturated rings. The normalized spacial score (nSPS) is 13.4. The molecule has 90 valence electrons. The third kappa shape index (κ3) is 8.63. The van der Waals surface area contributed by atoms with Gasteiger partial charge in [-0.25, -0.2) is 0 Å². The van der Waals surface area contributed by atoms with Gasteiger partial charge in [0.1, 0.15) is 0 Å². The first kappa shape index (κ1) is 14.6. The van der Waals surface area contributed by atoms with Gasteiger partial charge in [0.05, 0.1) is 12.6 Å². The lowest BCUT2D eigenvalue weighted by atomic mass is 10.1. The number of aliphatic hydroxyl groups excluding tert-OH is 1. The van der Waals surface area contributed by atoms with Gasteiger partial charge in [-0.15, -0.1) is 0 Å². The minimum absolute atomic E-state index is 0.0329. The molecule has 0 amide bonds. The molecule has 4 heteroatoms. The Labute approximate surface area is 98.6 Å². The van der Waals surface area contributed by atoms with Crippen LogP contribution in [-0.2, 0) is 0 Å². The highest BCUT2D eigenvalue weighted by Crippen LogP contribution is 2.01. The van der Waals surface area contributed by atoms with Crippen molar-refractivity contribution in [3.63, 3.8) is 0 Å². The highest BCUT2D eigenvalue weighted by molar-refractivity contribution is 7.80. The topological polar surface area (TPSA) is 44.3 Å². The third-order valence-electron chi connectivity index (χ3n) is 1.95. The largest absolute Gasteiger partial charge is 0.394 e. The van der Waals surface area contributed by atoms with E-state index in [-0.39, 0.29) is 18.2 Å². The van der Waals surface area contributed by atoms with Gasteiger partial charge in [-0.2, -0.15) is 0 Å². The van der Waals surface area contributed by atoms with Crippen molar-refractivity contribution in [1.82, 2.24) is 10.6 Å². The molecule has 3 N–H and O–H groups in total. The molecule has 0 aromatic carbocycles. The average molecular weight is 232 g/mol. The molecule has 0 aliphatic heterocycles. The summed E-state index contributed by atoms with van der Waals surface area (Å²) < 4.78 is 0. The highest BCUT2D eigenvalue weighted by atomic mass is 32.1. The molecular weight excluding hydrogens is 208 g/mol. The third-order valence-corrected chi connectivity index (χ3v) is 2.17. The zero-order valence-electron chi connectivity index (χ0n) is 10.3. The van der Waals surface area contributed by atoms with Crippen LogP contribution in [0.2, 0.25) is 0 Å². The number of rotatable bonds is 5. The summed E-state index contributed by atoms with van der Waals surface area (Å²) >= 11 is 5.16. The van der Waals surface area contributed by atoms with Crippen LogP contribution in [0.3, 0.4) is 0 Å². The summed E-state index contributed by atoms with van der Waals surface area (Å²) in [5.41, 5.74) is -0.0329. The smallest absolute Gasteiger partial charge is 0.166 e. The van der Waals surface area contributed by atoms with Crippen molar-refractivity contribution in [3.8, 4) is 0 Å². The van der Waals surface area contributed by atoms with Gasteiger partial charge in [0.2, 0.25) is 0 Å². The fourth-order valence-electron chi connectivity index (χ4n) is 1.22. The van der Waals surface area contributed by atoms with Crippen molar-refractivity contribution in [3.05, 3.63) is 0 Å². The fourth-order valence-corrected chi connectivity index (χ4v) is 1.69. The van der Waals surface area contributed by atoms with Gasteiger partial charge >= 0.3 is 0 Å². The van der Waals surface area contributed by atoms with Crippen LogP contribution in [0.1, 0.15) is 47.0 Å². The second kappa shape index (κ2) is 7.01. The number of aliphatic hydroxyl groups is 1. The Bertz CT molecular complexity index is 190. The van der Waals surface area contributed by atoms with Crippen LogP contribution in [0.5, 0.6) is 0 Å². The molecule has 15 heavy (non-hydrogen) atoms. The molecule has 0 heterocycles. The van der Waals surface area contributed by atoms with Crippen LogP contribution < -0.4 is 10.6 Å². The van der Waals surface area contributed by atoms with E-state index >= 15 is 0 Å². The van der Waals surface area contributed by atoms with Crippen LogP contribution >= 0.6 is 12.2 Å². The van der Waals surface area contributed by atoms with Gasteiger partial charge < -0.3 is 15.7 Å². The van der Waals surface area contributed by atoms with Gasteiger partial charge in [0, 0.05) is 5.54 Å². The predicted octanol–water partition coefficient (Wildman–Crippen LogP) is 1.80. The summed E-state index contributed by atoms with van der Waals surface area (Å²) in [5.74, 6) is 0. The van der Waals surface area contributed by atoms with E-state index < -0.39 is 0 Å². The molecule has 0 aliphatic rings. The first-order valence-corrected chi connectivity index (χ1v) is 5.99. The molecule has 0 aromatic heterocycles. The van der Waals surface area contributed by atoms with Crippen LogP contribution in [0.4, 0.5) is 0 Å². The van der Waals surface area contributed by atoms with E-state index in [0.29, 0.717) is 5.11 Å². The molecule has 0 unspecified atom stereocenters. The maximum Gasteiger partial charge on any atom is 0.166 e. The lowest BCUT2D eigenvalue weighted by Gasteiger charge is -2.26. The van der Waals surface area contributed by atoms with E-state index in [1.807, 2.05) is 0 Å². The highest BCUT2D eigenvalue weighted by Gasteiger charge is 2.13. The molecule has 0 spiro atoms. The van der Waals surface area contributed by atoms with E-state index in [1.165, 1.54) is 0 Å². The van der Waals surface area contributed by atoms with Crippen LogP contribution in [0.15, 0.2) is 0 Å². The lowest BCUT2D eigenvalue weighted by molar-refractivity contribution is 0.246. The molecular formula is C11H24N2OS. The van der Waals surface area contributed by atoms with Crippen molar-refractivity contribution in [1.29, 1.82) is 0 Å². The SMILES string of the molecule is CCCC[C@H](CO)NC(=S)NC(C)(C)C. The quantitative estimate of drug-likeness (QED) is 0.633. The minimum atomic E-state index is -0.0329. The number of hydrogen-bond acceptors (Lipinski definition) is 2. The predicted molar refractivity (Wildman–Crippen MR) is 69.0 cm³/mol. The minimum Gasteiger partial charge on any atom is -0.394 e. The van der Waals surface area contributed by atoms with Crippen molar-refractivity contribution < 1.29 is 5.11 Å². The van der Waals surface area contributed by atoms with E-state index in [0.717, 1.165) is 19.3 Å². The van der Waals surface area contributed by atoms with Crippen LogP contribution in [-0.4, -0.2) is 28.4 Å². The molecule has 1 atom stereocenters. The summed E-state index contributed by atoms with van der Waals surface area (Å²) in [4.78, 5) is 0. The van der Waals surface area contributed by atoms with E-state index in [1.54, 1.807) is 0 Å². The fraction of sp³-hybridized carbons (Fsp3) is 0.909. The molecule has 0 rings (SSSR count). The van der Waals surface area contributed by atoms with Crippen molar-refractivity contribution in [2.75, 3.05) is 6.61 Å². The number of nitrogens with one attached hydrogen (secondary N) is 2. The number of hydrogen-bond donors (Lipinski definition) is 3. The van der Waals surface area contributed by atoms with Gasteiger partial charge in [-0.1, -0.05) is 19.8 Å². The Morgan fingerprint density at radius 2 is 2.00 bits per heavy atom. The monoisotopic (exact) mass is 232 g/mol. The van der Waals surface area contributed by atoms with Gasteiger partial charge in [0.25, 0.3) is 0 Å². The molecule has 0 radical (unpaired) electrons. The summed E-state index contributed by atoms with van der Waals surface area (Å²) in [7, 11) is 0. The first-order valence-electron chi connectivity index (χ1n) is 5.58.